The van der Waals surface area contributed by atoms with Gasteiger partial charge in [-0.25, -0.2) is 23.5 Å². The summed E-state index contributed by atoms with van der Waals surface area (Å²) in [5.74, 6) is -2.55. The van der Waals surface area contributed by atoms with Crippen LogP contribution < -0.4 is 31.6 Å². The number of nitrogens with zero attached hydrogens (tertiary/aromatic N) is 12. The number of nitriles is 1. The van der Waals surface area contributed by atoms with Gasteiger partial charge in [0.05, 0.1) is 61.9 Å². The fraction of sp³-hybridized carbons (Fsp3) is 0.523. The normalized spacial score (nSPS) is 22.6. The monoisotopic (exact) mass is 1310 g/mol. The molecule has 0 radical (unpaired) electrons. The van der Waals surface area contributed by atoms with E-state index in [-0.39, 0.29) is 118 Å². The van der Waals surface area contributed by atoms with Crippen molar-refractivity contribution < 1.29 is 47.3 Å². The summed E-state index contributed by atoms with van der Waals surface area (Å²) in [4.78, 5) is 97.1. The molecule has 490 valence electrons. The molecule has 7 aromatic rings. The van der Waals surface area contributed by atoms with Crippen LogP contribution in [0.3, 0.4) is 0 Å². The van der Waals surface area contributed by atoms with Crippen LogP contribution in [-0.4, -0.2) is 179 Å². The minimum absolute atomic E-state index is 0.0137. The summed E-state index contributed by atoms with van der Waals surface area (Å²) in [5, 5.41) is 31.1. The third-order valence-electron chi connectivity index (χ3n) is 19.3. The summed E-state index contributed by atoms with van der Waals surface area (Å²) in [6.07, 6.45) is 7.61. The summed E-state index contributed by atoms with van der Waals surface area (Å²) < 4.78 is 55.4. The van der Waals surface area contributed by atoms with Gasteiger partial charge < -0.3 is 55.0 Å². The molecule has 6 fully saturated rings. The number of thiazole rings is 1. The maximum Gasteiger partial charge on any atom is 0.346 e. The first-order valence-corrected chi connectivity index (χ1v) is 33.5. The predicted octanol–water partition coefficient (Wildman–Crippen LogP) is 7.08. The average Bonchev–Trinajstić information content (AvgIpc) is 1.71. The molecule has 13 rings (SSSR count). The van der Waals surface area contributed by atoms with Crippen LogP contribution >= 0.6 is 22.7 Å². The molecule has 1 aliphatic carbocycles. The quantitative estimate of drug-likeness (QED) is 0.0554. The number of rotatable bonds is 20. The highest BCUT2D eigenvalue weighted by Crippen LogP contribution is 2.48. The second-order valence-electron chi connectivity index (χ2n) is 26.6. The van der Waals surface area contributed by atoms with Gasteiger partial charge in [-0.1, -0.05) is 45.0 Å². The number of benzene rings is 2. The first kappa shape index (κ1) is 63.7. The lowest BCUT2D eigenvalue weighted by atomic mass is 9.85. The number of aliphatic hydroxyl groups excluding tert-OH is 1. The van der Waals surface area contributed by atoms with E-state index in [1.165, 1.54) is 38.9 Å². The third-order valence-corrected chi connectivity index (χ3v) is 21.3. The van der Waals surface area contributed by atoms with Crippen LogP contribution in [0.25, 0.3) is 42.7 Å². The van der Waals surface area contributed by atoms with E-state index in [0.717, 1.165) is 58.8 Å². The van der Waals surface area contributed by atoms with Crippen molar-refractivity contribution in [2.45, 2.75) is 146 Å². The molecule has 10 heterocycles. The molecule has 6 aliphatic rings. The van der Waals surface area contributed by atoms with Gasteiger partial charge in [0, 0.05) is 82.3 Å². The Morgan fingerprint density at radius 3 is 2.54 bits per heavy atom. The standard InChI is InChI=1S/C65H75F2N15O9S2/c1-37-53(92-36-72-37)39-10-8-38(9-11-39)29-71-58(85)46-26-41(83)30-79(46)60(87)55(63(2,3)4)74-47(84)16-25-89-23-7-24-90-42-27-65(18-5-20-78(65)31-42)33-91-61-75-51-49(57(76-61)77-22-19-64(32-77)17-6-21-80(64)62(88)81-35-70-34-73-81)59(86)82(40-12-13-40)52(50(51)67)43-14-15-45(66)54-48(43)44(28-68)56(69)93-54/h8-11,14-15,34-36,40-42,46,55,83H,5-7,12-13,16-27,29-33,69H2,1-4H3,(H,71,85)(H,74,84)/t41-,42-,46+,55-,64?,65+/m1/s1. The summed E-state index contributed by atoms with van der Waals surface area (Å²) in [6, 6.07) is 9.72. The Labute approximate surface area is 543 Å². The van der Waals surface area contributed by atoms with Gasteiger partial charge >= 0.3 is 12.0 Å². The first-order valence-electron chi connectivity index (χ1n) is 31.8. The maximum absolute atomic E-state index is 18.2. The SMILES string of the molecule is Cc1ncsc1-c1ccc(CNC(=O)[C@@H]2C[C@@H](O)CN2C(=O)[C@@H](NC(=O)CCOCCCO[C@H]2CN3CCC[C@@]3(COc3nc(N4CCC5(CCCN5C(=O)n5cncn5)C4)c4c(=O)n(C5CC5)c(-c5ccc(F)c6sc(N)c(C#N)c56)c(F)c4n3)C2)C(C)(C)C)cc1. The Balaban J connectivity index is 0.649. The Bertz CT molecular complexity index is 4130. The molecular weight excluding hydrogens is 1240 g/mol. The average molecular weight is 1310 g/mol. The lowest BCUT2D eigenvalue weighted by molar-refractivity contribution is -0.144. The number of aliphatic hydroxyl groups is 1. The number of nitrogens with two attached hydrogens (primary N) is 1. The number of pyridine rings is 1. The molecule has 2 aromatic carbocycles. The predicted molar refractivity (Wildman–Crippen MR) is 343 cm³/mol. The number of halogens is 2. The number of hydrogen-bond donors (Lipinski definition) is 4. The summed E-state index contributed by atoms with van der Waals surface area (Å²) >= 11 is 2.44. The molecule has 4 amide bonds. The van der Waals surface area contributed by atoms with Crippen LogP contribution in [0.2, 0.25) is 0 Å². The van der Waals surface area contributed by atoms with E-state index in [1.807, 2.05) is 56.9 Å². The molecule has 28 heteroatoms. The first-order chi connectivity index (χ1) is 44.7. The highest BCUT2D eigenvalue weighted by molar-refractivity contribution is 7.23. The minimum atomic E-state index is -0.983. The molecule has 5 N–H and O–H groups in total. The zero-order valence-electron chi connectivity index (χ0n) is 52.4. The number of fused-ring (bicyclic) bond motifs is 3. The van der Waals surface area contributed by atoms with Crippen LogP contribution in [0.15, 0.2) is 59.4 Å². The van der Waals surface area contributed by atoms with Gasteiger partial charge in [-0.3, -0.25) is 24.1 Å². The zero-order valence-corrected chi connectivity index (χ0v) is 54.0. The Hall–Kier alpha value is -8.07. The number of nitrogen functional groups attached to an aromatic ring is 1. The lowest BCUT2D eigenvalue weighted by Gasteiger charge is -2.35. The van der Waals surface area contributed by atoms with Crippen molar-refractivity contribution in [3.05, 3.63) is 93.4 Å². The van der Waals surface area contributed by atoms with Crippen molar-refractivity contribution in [2.24, 2.45) is 5.41 Å². The van der Waals surface area contributed by atoms with E-state index in [9.17, 15) is 29.5 Å². The number of aryl methyl sites for hydroxylation is 1. The van der Waals surface area contributed by atoms with Crippen LogP contribution in [0.4, 0.5) is 24.4 Å². The molecule has 1 spiro atoms. The van der Waals surface area contributed by atoms with E-state index >= 15 is 13.6 Å². The molecule has 0 bridgehead atoms. The fourth-order valence-electron chi connectivity index (χ4n) is 14.5. The number of carbonyl (C=O) groups is 4. The number of hydrogen-bond acceptors (Lipinski definition) is 20. The highest BCUT2D eigenvalue weighted by atomic mass is 32.1. The summed E-state index contributed by atoms with van der Waals surface area (Å²) in [5.41, 5.74) is 8.21. The van der Waals surface area contributed by atoms with E-state index in [4.69, 9.17) is 29.9 Å². The molecule has 5 aromatic heterocycles. The van der Waals surface area contributed by atoms with Gasteiger partial charge in [-0.05, 0) is 99.9 Å². The largest absolute Gasteiger partial charge is 0.461 e. The molecule has 6 atom stereocenters. The van der Waals surface area contributed by atoms with Crippen LogP contribution in [0.5, 0.6) is 6.01 Å². The molecule has 5 saturated heterocycles. The number of carbonyl (C=O) groups excluding carboxylic acids is 4. The maximum atomic E-state index is 18.2. The number of β-amino-alcohol motifs (C(OH)–C–C–N with tert-alkyl or cyclic N) is 1. The molecule has 1 saturated carbocycles. The minimum Gasteiger partial charge on any atom is -0.461 e. The van der Waals surface area contributed by atoms with E-state index < -0.39 is 69.7 Å². The Kier molecular flexibility index (Phi) is 17.6. The van der Waals surface area contributed by atoms with Crippen molar-refractivity contribution in [2.75, 3.05) is 76.3 Å². The Morgan fingerprint density at radius 1 is 0.989 bits per heavy atom. The molecule has 93 heavy (non-hydrogen) atoms. The van der Waals surface area contributed by atoms with E-state index in [0.29, 0.717) is 71.4 Å². The number of likely N-dealkylation sites (tertiary alicyclic amines) is 2. The molecular formula is C65H75F2N15O9S2. The van der Waals surface area contributed by atoms with Crippen molar-refractivity contribution in [3.8, 4) is 33.8 Å². The van der Waals surface area contributed by atoms with E-state index in [1.54, 1.807) is 21.7 Å². The van der Waals surface area contributed by atoms with Gasteiger partial charge in [0.1, 0.15) is 65.0 Å². The topological polar surface area (TPSA) is 294 Å². The van der Waals surface area contributed by atoms with Gasteiger partial charge in [0.25, 0.3) is 5.56 Å². The van der Waals surface area contributed by atoms with Crippen molar-refractivity contribution >= 4 is 78.2 Å². The Morgan fingerprint density at radius 2 is 1.80 bits per heavy atom. The lowest BCUT2D eigenvalue weighted by Crippen LogP contribution is -2.57. The number of aromatic nitrogens is 7. The smallest absolute Gasteiger partial charge is 0.346 e. The molecule has 5 aliphatic heterocycles. The van der Waals surface area contributed by atoms with Gasteiger partial charge in [-0.15, -0.1) is 22.7 Å². The third kappa shape index (κ3) is 12.3. The highest BCUT2D eigenvalue weighted by Gasteiger charge is 2.52. The van der Waals surface area contributed by atoms with Crippen molar-refractivity contribution in [1.82, 2.24) is 59.6 Å². The van der Waals surface area contributed by atoms with Crippen molar-refractivity contribution in [1.29, 1.82) is 5.26 Å². The number of amides is 4. The number of ether oxygens (including phenoxy) is 3. The second-order valence-corrected chi connectivity index (χ2v) is 28.5. The van der Waals surface area contributed by atoms with Crippen LogP contribution in [0.1, 0.15) is 114 Å². The summed E-state index contributed by atoms with van der Waals surface area (Å²) in [7, 11) is 0. The van der Waals surface area contributed by atoms with Gasteiger partial charge in [0.2, 0.25) is 17.7 Å². The number of nitrogens with one attached hydrogen (secondary N) is 2. The molecule has 24 nitrogen and oxygen atoms in total. The fourth-order valence-corrected chi connectivity index (χ4v) is 16.3. The van der Waals surface area contributed by atoms with Gasteiger partial charge in [0.15, 0.2) is 5.82 Å². The van der Waals surface area contributed by atoms with Crippen LogP contribution in [-0.2, 0) is 30.4 Å². The number of anilines is 2. The van der Waals surface area contributed by atoms with Crippen LogP contribution in [0, 0.1) is 35.3 Å². The van der Waals surface area contributed by atoms with E-state index in [2.05, 4.69) is 36.7 Å². The molecule has 1 unspecified atom stereocenters. The summed E-state index contributed by atoms with van der Waals surface area (Å²) in [6.45, 7) is 11.1. The van der Waals surface area contributed by atoms with Crippen molar-refractivity contribution in [3.63, 3.8) is 0 Å². The zero-order chi connectivity index (χ0) is 65.1. The van der Waals surface area contributed by atoms with Gasteiger partial charge in [-0.2, -0.15) is 25.0 Å². The second kappa shape index (κ2) is 25.7. The number of thiophene rings is 1.